The molecular weight excluding hydrogens is 261 g/mol. The number of benzene rings is 1. The molecule has 1 N–H and O–H groups in total. The largest absolute Gasteiger partial charge is 0.481 e. The van der Waals surface area contributed by atoms with Crippen molar-refractivity contribution in [2.24, 2.45) is 5.41 Å². The summed E-state index contributed by atoms with van der Waals surface area (Å²) in [4.78, 5) is 25.2. The lowest BCUT2D eigenvalue weighted by atomic mass is 9.83. The number of carbonyl (C=O) groups is 2. The fourth-order valence-corrected chi connectivity index (χ4v) is 2.81. The molecule has 1 unspecified atom stereocenters. The number of hydrogen-bond acceptors (Lipinski definition) is 2. The molecular formula is C15H18FNO3. The van der Waals surface area contributed by atoms with Crippen LogP contribution in [-0.2, 0) is 4.79 Å². The van der Waals surface area contributed by atoms with Gasteiger partial charge in [0.15, 0.2) is 0 Å². The van der Waals surface area contributed by atoms with E-state index in [0.717, 1.165) is 6.42 Å². The number of carbonyl (C=O) groups excluding carboxylic acids is 1. The first-order valence-corrected chi connectivity index (χ1v) is 6.77. The minimum Gasteiger partial charge on any atom is -0.481 e. The van der Waals surface area contributed by atoms with Gasteiger partial charge in [0.2, 0.25) is 0 Å². The highest BCUT2D eigenvalue weighted by molar-refractivity contribution is 5.95. The SMILES string of the molecule is CCCC1(C(=O)O)CCN(C(=O)c2ccccc2F)C1. The standard InChI is InChI=1S/C15H18FNO3/c1-2-7-15(14(19)20)8-9-17(10-15)13(18)11-5-3-4-6-12(11)16/h3-6H,2,7-10H2,1H3,(H,19,20). The number of rotatable bonds is 4. The van der Waals surface area contributed by atoms with Crippen molar-refractivity contribution in [3.63, 3.8) is 0 Å². The van der Waals surface area contributed by atoms with Crippen molar-refractivity contribution >= 4 is 11.9 Å². The van der Waals surface area contributed by atoms with Crippen LogP contribution in [0.15, 0.2) is 24.3 Å². The summed E-state index contributed by atoms with van der Waals surface area (Å²) in [6.07, 6.45) is 1.70. The smallest absolute Gasteiger partial charge is 0.311 e. The molecule has 2 rings (SSSR count). The van der Waals surface area contributed by atoms with Gasteiger partial charge in [-0.2, -0.15) is 0 Å². The molecule has 108 valence electrons. The molecule has 0 radical (unpaired) electrons. The zero-order valence-corrected chi connectivity index (χ0v) is 11.4. The fourth-order valence-electron chi connectivity index (χ4n) is 2.81. The van der Waals surface area contributed by atoms with Crippen LogP contribution in [0.2, 0.25) is 0 Å². The van der Waals surface area contributed by atoms with Crippen LogP contribution in [0.25, 0.3) is 0 Å². The lowest BCUT2D eigenvalue weighted by Gasteiger charge is -2.24. The van der Waals surface area contributed by atoms with E-state index < -0.39 is 23.1 Å². The van der Waals surface area contributed by atoms with E-state index >= 15 is 0 Å². The number of amides is 1. The van der Waals surface area contributed by atoms with Crippen LogP contribution in [-0.4, -0.2) is 35.0 Å². The number of likely N-dealkylation sites (tertiary alicyclic amines) is 1. The molecule has 1 atom stereocenters. The second kappa shape index (κ2) is 5.61. The summed E-state index contributed by atoms with van der Waals surface area (Å²) in [6, 6.07) is 5.79. The summed E-state index contributed by atoms with van der Waals surface area (Å²) >= 11 is 0. The van der Waals surface area contributed by atoms with Crippen molar-refractivity contribution in [1.29, 1.82) is 0 Å². The van der Waals surface area contributed by atoms with Crippen LogP contribution in [0.1, 0.15) is 36.5 Å². The van der Waals surface area contributed by atoms with Crippen molar-refractivity contribution in [3.05, 3.63) is 35.6 Å². The molecule has 1 heterocycles. The summed E-state index contributed by atoms with van der Waals surface area (Å²) in [5, 5.41) is 9.41. The Bertz CT molecular complexity index is 532. The highest BCUT2D eigenvalue weighted by Crippen LogP contribution is 2.36. The monoisotopic (exact) mass is 279 g/mol. The Hall–Kier alpha value is -1.91. The summed E-state index contributed by atoms with van der Waals surface area (Å²) < 4.78 is 13.6. The van der Waals surface area contributed by atoms with E-state index in [9.17, 15) is 19.1 Å². The number of carboxylic acid groups (broad SMARTS) is 1. The molecule has 1 aliphatic rings. The van der Waals surface area contributed by atoms with Crippen molar-refractivity contribution in [2.75, 3.05) is 13.1 Å². The van der Waals surface area contributed by atoms with Gasteiger partial charge in [-0.3, -0.25) is 9.59 Å². The van der Waals surface area contributed by atoms with E-state index in [1.807, 2.05) is 6.92 Å². The Balaban J connectivity index is 2.19. The third kappa shape index (κ3) is 2.53. The molecule has 0 bridgehead atoms. The van der Waals surface area contributed by atoms with E-state index in [0.29, 0.717) is 19.4 Å². The van der Waals surface area contributed by atoms with E-state index in [1.165, 1.54) is 23.1 Å². The molecule has 5 heteroatoms. The van der Waals surface area contributed by atoms with Gasteiger partial charge in [0.1, 0.15) is 5.82 Å². The number of nitrogens with zero attached hydrogens (tertiary/aromatic N) is 1. The molecule has 0 aromatic heterocycles. The normalized spacial score (nSPS) is 22.0. The average molecular weight is 279 g/mol. The first kappa shape index (κ1) is 14.5. The summed E-state index contributed by atoms with van der Waals surface area (Å²) in [6.45, 7) is 2.44. The average Bonchev–Trinajstić information content (AvgIpc) is 2.85. The van der Waals surface area contributed by atoms with E-state index in [4.69, 9.17) is 0 Å². The Morgan fingerprint density at radius 3 is 2.70 bits per heavy atom. The highest BCUT2D eigenvalue weighted by atomic mass is 19.1. The molecule has 1 aromatic rings. The lowest BCUT2D eigenvalue weighted by molar-refractivity contribution is -0.148. The summed E-state index contributed by atoms with van der Waals surface area (Å²) in [5.74, 6) is -1.87. The van der Waals surface area contributed by atoms with Gasteiger partial charge in [-0.15, -0.1) is 0 Å². The van der Waals surface area contributed by atoms with Gasteiger partial charge in [-0.05, 0) is 25.0 Å². The van der Waals surface area contributed by atoms with Gasteiger partial charge >= 0.3 is 5.97 Å². The molecule has 1 fully saturated rings. The van der Waals surface area contributed by atoms with Gasteiger partial charge < -0.3 is 10.0 Å². The van der Waals surface area contributed by atoms with E-state index in [2.05, 4.69) is 0 Å². The maximum absolute atomic E-state index is 13.6. The Kier molecular flexibility index (Phi) is 4.06. The molecule has 1 aliphatic heterocycles. The van der Waals surface area contributed by atoms with Crippen LogP contribution in [0, 0.1) is 11.2 Å². The van der Waals surface area contributed by atoms with E-state index in [-0.39, 0.29) is 12.1 Å². The van der Waals surface area contributed by atoms with Crippen LogP contribution < -0.4 is 0 Å². The topological polar surface area (TPSA) is 57.6 Å². The minimum absolute atomic E-state index is 0.00480. The summed E-state index contributed by atoms with van der Waals surface area (Å²) in [5.41, 5.74) is -0.874. The maximum atomic E-state index is 13.6. The third-order valence-corrected chi connectivity index (χ3v) is 3.93. The maximum Gasteiger partial charge on any atom is 0.311 e. The van der Waals surface area contributed by atoms with Gasteiger partial charge in [0, 0.05) is 13.1 Å². The number of aliphatic carboxylic acids is 1. The van der Waals surface area contributed by atoms with Crippen molar-refractivity contribution in [2.45, 2.75) is 26.2 Å². The fraction of sp³-hybridized carbons (Fsp3) is 0.467. The Morgan fingerprint density at radius 2 is 2.10 bits per heavy atom. The molecule has 0 aliphatic carbocycles. The second-order valence-corrected chi connectivity index (χ2v) is 5.29. The molecule has 1 saturated heterocycles. The molecule has 20 heavy (non-hydrogen) atoms. The van der Waals surface area contributed by atoms with E-state index in [1.54, 1.807) is 6.07 Å². The molecule has 1 aromatic carbocycles. The Labute approximate surface area is 117 Å². The van der Waals surface area contributed by atoms with Gasteiger partial charge in [-0.25, -0.2) is 4.39 Å². The van der Waals surface area contributed by atoms with Crippen molar-refractivity contribution in [3.8, 4) is 0 Å². The quantitative estimate of drug-likeness (QED) is 0.921. The van der Waals surface area contributed by atoms with Gasteiger partial charge in [0.05, 0.1) is 11.0 Å². The van der Waals surface area contributed by atoms with Crippen molar-refractivity contribution < 1.29 is 19.1 Å². The lowest BCUT2D eigenvalue weighted by Crippen LogP contribution is -2.37. The highest BCUT2D eigenvalue weighted by Gasteiger charge is 2.45. The molecule has 0 saturated carbocycles. The number of halogens is 1. The number of carboxylic acids is 1. The molecule has 4 nitrogen and oxygen atoms in total. The van der Waals surface area contributed by atoms with Crippen LogP contribution in [0.4, 0.5) is 4.39 Å². The van der Waals surface area contributed by atoms with Crippen LogP contribution in [0.3, 0.4) is 0 Å². The first-order valence-electron chi connectivity index (χ1n) is 6.77. The zero-order chi connectivity index (χ0) is 14.8. The van der Waals surface area contributed by atoms with Gasteiger partial charge in [0.25, 0.3) is 5.91 Å². The second-order valence-electron chi connectivity index (χ2n) is 5.29. The first-order chi connectivity index (χ1) is 9.50. The predicted molar refractivity (Wildman–Crippen MR) is 71.9 cm³/mol. The predicted octanol–water partition coefficient (Wildman–Crippen LogP) is 2.54. The van der Waals surface area contributed by atoms with Gasteiger partial charge in [-0.1, -0.05) is 25.5 Å². The summed E-state index contributed by atoms with van der Waals surface area (Å²) in [7, 11) is 0. The minimum atomic E-state index is -0.879. The molecule has 1 amide bonds. The molecule has 0 spiro atoms. The number of hydrogen-bond donors (Lipinski definition) is 1. The zero-order valence-electron chi connectivity index (χ0n) is 11.4. The van der Waals surface area contributed by atoms with Crippen LogP contribution in [0.5, 0.6) is 0 Å². The van der Waals surface area contributed by atoms with Crippen molar-refractivity contribution in [1.82, 2.24) is 4.90 Å². The third-order valence-electron chi connectivity index (χ3n) is 3.93. The van der Waals surface area contributed by atoms with Crippen LogP contribution >= 0.6 is 0 Å². The Morgan fingerprint density at radius 1 is 1.40 bits per heavy atom.